The maximum absolute atomic E-state index is 12.5. The van der Waals surface area contributed by atoms with Gasteiger partial charge in [0.15, 0.2) is 0 Å². The lowest BCUT2D eigenvalue weighted by atomic mass is 9.75. The molecule has 0 aromatic rings. The van der Waals surface area contributed by atoms with Crippen molar-refractivity contribution < 1.29 is 18.8 Å². The summed E-state index contributed by atoms with van der Waals surface area (Å²) in [5, 5.41) is 9.15. The molecule has 0 aromatic carbocycles. The van der Waals surface area contributed by atoms with Crippen molar-refractivity contribution in [1.29, 1.82) is 0 Å². The van der Waals surface area contributed by atoms with Gasteiger partial charge in [0.25, 0.3) is 0 Å². The van der Waals surface area contributed by atoms with E-state index in [0.29, 0.717) is 5.75 Å². The molecule has 2 aliphatic carbocycles. The van der Waals surface area contributed by atoms with E-state index in [1.54, 1.807) is 0 Å². The van der Waals surface area contributed by atoms with Crippen molar-refractivity contribution in [3.63, 3.8) is 0 Å². The van der Waals surface area contributed by atoms with Crippen LogP contribution in [0.3, 0.4) is 0 Å². The van der Waals surface area contributed by atoms with E-state index < -0.39 is 16.8 Å². The van der Waals surface area contributed by atoms with Gasteiger partial charge in [-0.25, -0.2) is 0 Å². The summed E-state index contributed by atoms with van der Waals surface area (Å²) in [5.41, 5.74) is -0.121. The van der Waals surface area contributed by atoms with Gasteiger partial charge >= 0.3 is 5.97 Å². The molecule has 3 fully saturated rings. The molecule has 0 aromatic heterocycles. The van der Waals surface area contributed by atoms with Crippen molar-refractivity contribution in [1.82, 2.24) is 0 Å². The van der Waals surface area contributed by atoms with Gasteiger partial charge in [-0.15, -0.1) is 0 Å². The Bertz CT molecular complexity index is 398. The number of carbonyl (C=O) groups is 1. The number of rotatable bonds is 5. The Morgan fingerprint density at radius 1 is 1.32 bits per heavy atom. The molecule has 0 amide bonds. The monoisotopic (exact) mass is 286 g/mol. The van der Waals surface area contributed by atoms with Gasteiger partial charge in [0.05, 0.1) is 12.0 Å². The molecular weight excluding hydrogens is 264 g/mol. The average molecular weight is 286 g/mol. The number of carboxylic acids is 1. The first-order valence-corrected chi connectivity index (χ1v) is 8.64. The van der Waals surface area contributed by atoms with Gasteiger partial charge in [0, 0.05) is 28.4 Å². The fourth-order valence-electron chi connectivity index (χ4n) is 3.42. The van der Waals surface area contributed by atoms with Gasteiger partial charge in [-0.1, -0.05) is 0 Å². The molecule has 19 heavy (non-hydrogen) atoms. The molecule has 5 heteroatoms. The number of hydrogen-bond acceptors (Lipinski definition) is 3. The average Bonchev–Trinajstić information content (AvgIpc) is 3.05. The van der Waals surface area contributed by atoms with Crippen molar-refractivity contribution in [2.45, 2.75) is 62.2 Å². The highest BCUT2D eigenvalue weighted by molar-refractivity contribution is 7.85. The van der Waals surface area contributed by atoms with Crippen LogP contribution >= 0.6 is 0 Å². The predicted octanol–water partition coefficient (Wildman–Crippen LogP) is 2.09. The standard InChI is InChI=1S/C14H22O4S/c15-12(16)9-13(5-6-13)10-19(17)11-2-7-18-14(8-11)3-1-4-14/h11H,1-10H2,(H,15,16). The third-order valence-electron chi connectivity index (χ3n) is 5.02. The molecular formula is C14H22O4S. The number of carboxylic acid groups (broad SMARTS) is 1. The second-order valence-corrected chi connectivity index (χ2v) is 8.31. The highest BCUT2D eigenvalue weighted by Crippen LogP contribution is 2.51. The zero-order valence-electron chi connectivity index (χ0n) is 11.2. The van der Waals surface area contributed by atoms with Crippen LogP contribution in [0.15, 0.2) is 0 Å². The highest BCUT2D eigenvalue weighted by Gasteiger charge is 2.49. The van der Waals surface area contributed by atoms with Crippen molar-refractivity contribution in [3.05, 3.63) is 0 Å². The largest absolute Gasteiger partial charge is 0.481 e. The van der Waals surface area contributed by atoms with E-state index in [1.165, 1.54) is 6.42 Å². The lowest BCUT2D eigenvalue weighted by Gasteiger charge is -2.47. The van der Waals surface area contributed by atoms with Crippen LogP contribution in [-0.4, -0.2) is 38.5 Å². The van der Waals surface area contributed by atoms with E-state index in [4.69, 9.17) is 9.84 Å². The van der Waals surface area contributed by atoms with Crippen molar-refractivity contribution in [3.8, 4) is 0 Å². The van der Waals surface area contributed by atoms with Crippen LogP contribution in [0.2, 0.25) is 0 Å². The fourth-order valence-corrected chi connectivity index (χ4v) is 5.49. The Morgan fingerprint density at radius 3 is 2.58 bits per heavy atom. The Balaban J connectivity index is 1.57. The van der Waals surface area contributed by atoms with E-state index in [0.717, 1.165) is 45.1 Å². The zero-order chi connectivity index (χ0) is 13.5. The normalized spacial score (nSPS) is 32.5. The maximum Gasteiger partial charge on any atom is 0.303 e. The molecule has 1 aliphatic heterocycles. The summed E-state index contributed by atoms with van der Waals surface area (Å²) in [7, 11) is -0.887. The van der Waals surface area contributed by atoms with Crippen LogP contribution < -0.4 is 0 Å². The van der Waals surface area contributed by atoms with Crippen LogP contribution in [0.4, 0.5) is 0 Å². The lowest BCUT2D eigenvalue weighted by molar-refractivity contribution is -0.138. The minimum absolute atomic E-state index is 0.0299. The minimum atomic E-state index is -0.887. The Morgan fingerprint density at radius 2 is 2.05 bits per heavy atom. The minimum Gasteiger partial charge on any atom is -0.481 e. The smallest absolute Gasteiger partial charge is 0.303 e. The van der Waals surface area contributed by atoms with Gasteiger partial charge in [0.2, 0.25) is 0 Å². The number of hydrogen-bond donors (Lipinski definition) is 1. The maximum atomic E-state index is 12.5. The quantitative estimate of drug-likeness (QED) is 0.840. The van der Waals surface area contributed by atoms with Crippen LogP contribution in [0.1, 0.15) is 51.4 Å². The fraction of sp³-hybridized carbons (Fsp3) is 0.929. The summed E-state index contributed by atoms with van der Waals surface area (Å²) >= 11 is 0. The molecule has 3 rings (SSSR count). The predicted molar refractivity (Wildman–Crippen MR) is 72.5 cm³/mol. The Kier molecular flexibility index (Phi) is 3.46. The van der Waals surface area contributed by atoms with Gasteiger partial charge in [-0.05, 0) is 50.4 Å². The van der Waals surface area contributed by atoms with E-state index in [-0.39, 0.29) is 22.7 Å². The molecule has 1 N–H and O–H groups in total. The van der Waals surface area contributed by atoms with E-state index in [1.807, 2.05) is 0 Å². The topological polar surface area (TPSA) is 63.6 Å². The molecule has 3 aliphatic rings. The van der Waals surface area contributed by atoms with E-state index in [2.05, 4.69) is 0 Å². The molecule has 108 valence electrons. The molecule has 0 radical (unpaired) electrons. The van der Waals surface area contributed by atoms with Gasteiger partial charge in [-0.2, -0.15) is 0 Å². The number of aliphatic carboxylic acids is 1. The van der Waals surface area contributed by atoms with E-state index in [9.17, 15) is 9.00 Å². The van der Waals surface area contributed by atoms with Crippen molar-refractivity contribution in [2.75, 3.05) is 12.4 Å². The first-order valence-electron chi connectivity index (χ1n) is 7.26. The molecule has 0 bridgehead atoms. The van der Waals surface area contributed by atoms with Crippen molar-refractivity contribution >= 4 is 16.8 Å². The summed E-state index contributed by atoms with van der Waals surface area (Å²) < 4.78 is 18.4. The number of ether oxygens (including phenoxy) is 1. The first-order chi connectivity index (χ1) is 9.03. The second kappa shape index (κ2) is 4.85. The molecule has 4 nitrogen and oxygen atoms in total. The van der Waals surface area contributed by atoms with Crippen LogP contribution in [0.25, 0.3) is 0 Å². The van der Waals surface area contributed by atoms with Gasteiger partial charge < -0.3 is 9.84 Å². The highest BCUT2D eigenvalue weighted by atomic mass is 32.2. The van der Waals surface area contributed by atoms with Crippen LogP contribution in [0, 0.1) is 5.41 Å². The Hall–Kier alpha value is -0.420. The molecule has 2 atom stereocenters. The summed E-state index contributed by atoms with van der Waals surface area (Å²) in [6.07, 6.45) is 7.29. The summed E-state index contributed by atoms with van der Waals surface area (Å²) in [5.74, 6) is -0.169. The SMILES string of the molecule is O=C(O)CC1(CS(=O)C2CCOC3(CCC3)C2)CC1. The molecule has 1 spiro atoms. The summed E-state index contributed by atoms with van der Waals surface area (Å²) in [6.45, 7) is 0.725. The van der Waals surface area contributed by atoms with Crippen LogP contribution in [-0.2, 0) is 20.3 Å². The molecule has 2 unspecified atom stereocenters. The first kappa shape index (κ1) is 13.6. The molecule has 2 saturated carbocycles. The summed E-state index contributed by atoms with van der Waals surface area (Å²) in [6, 6.07) is 0. The van der Waals surface area contributed by atoms with E-state index >= 15 is 0 Å². The lowest BCUT2D eigenvalue weighted by Crippen LogP contribution is -2.48. The Labute approximate surface area is 116 Å². The molecule has 1 saturated heterocycles. The third-order valence-corrected chi connectivity index (χ3v) is 7.06. The van der Waals surface area contributed by atoms with Crippen LogP contribution in [0.5, 0.6) is 0 Å². The second-order valence-electron chi connectivity index (χ2n) is 6.60. The van der Waals surface area contributed by atoms with Gasteiger partial charge in [0.1, 0.15) is 0 Å². The molecule has 1 heterocycles. The van der Waals surface area contributed by atoms with Gasteiger partial charge in [-0.3, -0.25) is 9.00 Å². The van der Waals surface area contributed by atoms with Crippen molar-refractivity contribution in [2.24, 2.45) is 5.41 Å². The third kappa shape index (κ3) is 2.87. The summed E-state index contributed by atoms with van der Waals surface area (Å²) in [4.78, 5) is 10.9. The zero-order valence-corrected chi connectivity index (χ0v) is 12.0.